The highest BCUT2D eigenvalue weighted by atomic mass is 15.2. The standard InChI is InChI=1S/C5H12N2/c1-7-4-2-3-5(7)6/h5H,2-4,6H2,1H3/t5-/m0/s1. The number of likely N-dealkylation sites (tertiary alicyclic amines) is 1. The summed E-state index contributed by atoms with van der Waals surface area (Å²) in [6.07, 6.45) is 2.80. The van der Waals surface area contributed by atoms with Crippen LogP contribution in [-0.2, 0) is 0 Å². The molecular weight excluding hydrogens is 88.1 g/mol. The van der Waals surface area contributed by atoms with Gasteiger partial charge in [0.25, 0.3) is 0 Å². The molecule has 0 aromatic rings. The van der Waals surface area contributed by atoms with Gasteiger partial charge in [-0.1, -0.05) is 0 Å². The first-order valence-corrected chi connectivity index (χ1v) is 2.76. The second-order valence-corrected chi connectivity index (χ2v) is 2.19. The van der Waals surface area contributed by atoms with Crippen molar-refractivity contribution >= 4 is 0 Å². The second kappa shape index (κ2) is 1.80. The molecule has 1 heterocycles. The Hall–Kier alpha value is -0.0800. The lowest BCUT2D eigenvalue weighted by Gasteiger charge is -2.12. The van der Waals surface area contributed by atoms with Gasteiger partial charge in [-0.15, -0.1) is 0 Å². The summed E-state index contributed by atoms with van der Waals surface area (Å²) in [7, 11) is 2.07. The molecule has 0 radical (unpaired) electrons. The first-order chi connectivity index (χ1) is 3.30. The SMILES string of the molecule is CN1CCC[C@H]1N. The van der Waals surface area contributed by atoms with Crippen molar-refractivity contribution in [3.63, 3.8) is 0 Å². The first-order valence-electron chi connectivity index (χ1n) is 2.76. The predicted octanol–water partition coefficient (Wildman–Crippen LogP) is -0.00320. The largest absolute Gasteiger partial charge is 0.316 e. The van der Waals surface area contributed by atoms with Crippen molar-refractivity contribution < 1.29 is 0 Å². The average Bonchev–Trinajstić information content (AvgIpc) is 1.91. The number of nitrogens with zero attached hydrogens (tertiary/aromatic N) is 1. The summed E-state index contributed by atoms with van der Waals surface area (Å²) in [5.74, 6) is 0. The quantitative estimate of drug-likeness (QED) is 0.464. The van der Waals surface area contributed by atoms with E-state index >= 15 is 0 Å². The molecule has 0 amide bonds. The van der Waals surface area contributed by atoms with Crippen molar-refractivity contribution in [1.29, 1.82) is 0 Å². The van der Waals surface area contributed by atoms with E-state index in [9.17, 15) is 0 Å². The van der Waals surface area contributed by atoms with Crippen LogP contribution < -0.4 is 5.73 Å². The van der Waals surface area contributed by atoms with Crippen LogP contribution in [0, 0.1) is 0 Å². The lowest BCUT2D eigenvalue weighted by Crippen LogP contribution is -2.32. The van der Waals surface area contributed by atoms with E-state index in [1.54, 1.807) is 0 Å². The summed E-state index contributed by atoms with van der Waals surface area (Å²) < 4.78 is 0. The molecule has 0 unspecified atom stereocenters. The third kappa shape index (κ3) is 0.924. The van der Waals surface area contributed by atoms with E-state index in [4.69, 9.17) is 5.73 Å². The van der Waals surface area contributed by atoms with Crippen LogP contribution >= 0.6 is 0 Å². The minimum absolute atomic E-state index is 0.347. The van der Waals surface area contributed by atoms with Crippen LogP contribution in [0.2, 0.25) is 0 Å². The van der Waals surface area contributed by atoms with Gasteiger partial charge in [0, 0.05) is 0 Å². The third-order valence-electron chi connectivity index (χ3n) is 1.58. The Bertz CT molecular complexity index is 55.1. The van der Waals surface area contributed by atoms with Gasteiger partial charge in [0.05, 0.1) is 6.17 Å². The van der Waals surface area contributed by atoms with Gasteiger partial charge in [-0.3, -0.25) is 4.90 Å². The number of hydrogen-bond acceptors (Lipinski definition) is 2. The molecule has 0 bridgehead atoms. The van der Waals surface area contributed by atoms with E-state index in [0.29, 0.717) is 6.17 Å². The molecule has 1 aliphatic rings. The topological polar surface area (TPSA) is 29.3 Å². The number of nitrogens with two attached hydrogens (primary N) is 1. The van der Waals surface area contributed by atoms with Gasteiger partial charge in [0.2, 0.25) is 0 Å². The number of hydrogen-bond donors (Lipinski definition) is 1. The van der Waals surface area contributed by atoms with Crippen molar-refractivity contribution in [2.24, 2.45) is 5.73 Å². The lowest BCUT2D eigenvalue weighted by molar-refractivity contribution is 0.318. The molecule has 0 aromatic heterocycles. The Kier molecular flexibility index (Phi) is 1.30. The van der Waals surface area contributed by atoms with Crippen LogP contribution in [-0.4, -0.2) is 24.7 Å². The van der Waals surface area contributed by atoms with Crippen molar-refractivity contribution in [2.45, 2.75) is 19.0 Å². The summed E-state index contributed by atoms with van der Waals surface area (Å²) in [6, 6.07) is 0. The maximum atomic E-state index is 5.60. The molecule has 2 N–H and O–H groups in total. The maximum Gasteiger partial charge on any atom is 0.0569 e. The van der Waals surface area contributed by atoms with Crippen LogP contribution in [0.4, 0.5) is 0 Å². The molecule has 1 atom stereocenters. The first kappa shape index (κ1) is 5.06. The fraction of sp³-hybridized carbons (Fsp3) is 1.00. The summed E-state index contributed by atoms with van der Waals surface area (Å²) in [5.41, 5.74) is 5.60. The lowest BCUT2D eigenvalue weighted by atomic mass is 10.3. The highest BCUT2D eigenvalue weighted by Gasteiger charge is 2.14. The summed E-state index contributed by atoms with van der Waals surface area (Å²) in [4.78, 5) is 2.18. The van der Waals surface area contributed by atoms with Gasteiger partial charge < -0.3 is 5.73 Å². The molecule has 0 spiro atoms. The average molecular weight is 100 g/mol. The van der Waals surface area contributed by atoms with Gasteiger partial charge in [0.15, 0.2) is 0 Å². The molecule has 1 aliphatic heterocycles. The Balaban J connectivity index is 2.33. The molecular formula is C5H12N2. The maximum absolute atomic E-state index is 5.60. The highest BCUT2D eigenvalue weighted by molar-refractivity contribution is 4.69. The highest BCUT2D eigenvalue weighted by Crippen LogP contribution is 2.08. The zero-order valence-electron chi connectivity index (χ0n) is 4.72. The Morgan fingerprint density at radius 2 is 2.43 bits per heavy atom. The fourth-order valence-corrected chi connectivity index (χ4v) is 0.936. The molecule has 2 nitrogen and oxygen atoms in total. The molecule has 0 aliphatic carbocycles. The van der Waals surface area contributed by atoms with Crippen molar-refractivity contribution in [3.8, 4) is 0 Å². The smallest absolute Gasteiger partial charge is 0.0569 e. The number of rotatable bonds is 0. The van der Waals surface area contributed by atoms with Crippen LogP contribution in [0.15, 0.2) is 0 Å². The van der Waals surface area contributed by atoms with E-state index in [0.717, 1.165) is 0 Å². The van der Waals surface area contributed by atoms with Crippen LogP contribution in [0.3, 0.4) is 0 Å². The normalized spacial score (nSPS) is 34.3. The van der Waals surface area contributed by atoms with Crippen LogP contribution in [0.25, 0.3) is 0 Å². The van der Waals surface area contributed by atoms with Crippen LogP contribution in [0.1, 0.15) is 12.8 Å². The molecule has 2 heteroatoms. The minimum Gasteiger partial charge on any atom is -0.316 e. The van der Waals surface area contributed by atoms with E-state index < -0.39 is 0 Å². The van der Waals surface area contributed by atoms with Gasteiger partial charge in [0.1, 0.15) is 0 Å². The molecule has 1 fully saturated rings. The van der Waals surface area contributed by atoms with Crippen molar-refractivity contribution in [2.75, 3.05) is 13.6 Å². The van der Waals surface area contributed by atoms with E-state index in [1.165, 1.54) is 19.4 Å². The fourth-order valence-electron chi connectivity index (χ4n) is 0.936. The monoisotopic (exact) mass is 100 g/mol. The Morgan fingerprint density at radius 3 is 2.57 bits per heavy atom. The molecule has 7 heavy (non-hydrogen) atoms. The summed E-state index contributed by atoms with van der Waals surface area (Å²) in [5, 5.41) is 0. The zero-order chi connectivity index (χ0) is 5.28. The third-order valence-corrected chi connectivity index (χ3v) is 1.58. The van der Waals surface area contributed by atoms with E-state index in [-0.39, 0.29) is 0 Å². The van der Waals surface area contributed by atoms with Crippen LogP contribution in [0.5, 0.6) is 0 Å². The summed E-state index contributed by atoms with van der Waals surface area (Å²) in [6.45, 7) is 1.18. The van der Waals surface area contributed by atoms with E-state index in [1.807, 2.05) is 0 Å². The minimum atomic E-state index is 0.347. The molecule has 0 saturated carbocycles. The van der Waals surface area contributed by atoms with Crippen molar-refractivity contribution in [3.05, 3.63) is 0 Å². The molecule has 1 saturated heterocycles. The zero-order valence-corrected chi connectivity index (χ0v) is 4.72. The summed E-state index contributed by atoms with van der Waals surface area (Å²) >= 11 is 0. The molecule has 42 valence electrons. The Morgan fingerprint density at radius 1 is 1.71 bits per heavy atom. The van der Waals surface area contributed by atoms with Gasteiger partial charge >= 0.3 is 0 Å². The predicted molar refractivity (Wildman–Crippen MR) is 29.8 cm³/mol. The van der Waals surface area contributed by atoms with E-state index in [2.05, 4.69) is 11.9 Å². The molecule has 0 aromatic carbocycles. The second-order valence-electron chi connectivity index (χ2n) is 2.19. The molecule has 1 rings (SSSR count). The van der Waals surface area contributed by atoms with Gasteiger partial charge in [-0.2, -0.15) is 0 Å². The van der Waals surface area contributed by atoms with Gasteiger partial charge in [-0.05, 0) is 26.4 Å². The van der Waals surface area contributed by atoms with Crippen molar-refractivity contribution in [1.82, 2.24) is 4.90 Å². The van der Waals surface area contributed by atoms with Gasteiger partial charge in [-0.25, -0.2) is 0 Å². The Labute approximate surface area is 44.3 Å².